The van der Waals surface area contributed by atoms with Crippen LogP contribution in [-0.4, -0.2) is 12.5 Å². The molecular weight excluding hydrogens is 200 g/mol. The summed E-state index contributed by atoms with van der Waals surface area (Å²) in [5, 5.41) is 0. The molecule has 3 heteroatoms. The van der Waals surface area contributed by atoms with Crippen molar-refractivity contribution in [2.24, 2.45) is 0 Å². The topological polar surface area (TPSA) is 46.3 Å². The third-order valence-corrected chi connectivity index (χ3v) is 3.80. The molecule has 1 amide bonds. The minimum Gasteiger partial charge on any atom is -0.399 e. The Balaban J connectivity index is 2.09. The maximum absolute atomic E-state index is 11.9. The predicted octanol–water partition coefficient (Wildman–Crippen LogP) is 2.06. The number of hydrogen-bond acceptors (Lipinski definition) is 2. The van der Waals surface area contributed by atoms with Crippen LogP contribution in [0.15, 0.2) is 18.2 Å². The molecule has 3 rings (SSSR count). The normalized spacial score (nSPS) is 19.9. The van der Waals surface area contributed by atoms with Gasteiger partial charge in [-0.25, -0.2) is 0 Å². The predicted molar refractivity (Wildman–Crippen MR) is 64.4 cm³/mol. The first-order valence-corrected chi connectivity index (χ1v) is 5.87. The fourth-order valence-electron chi connectivity index (χ4n) is 2.69. The van der Waals surface area contributed by atoms with E-state index in [0.717, 1.165) is 17.9 Å². The second-order valence-corrected chi connectivity index (χ2v) is 4.89. The van der Waals surface area contributed by atoms with Crippen LogP contribution < -0.4 is 10.6 Å². The van der Waals surface area contributed by atoms with Crippen LogP contribution in [-0.2, 0) is 10.2 Å². The van der Waals surface area contributed by atoms with E-state index in [0.29, 0.717) is 6.42 Å². The van der Waals surface area contributed by atoms with Gasteiger partial charge in [0, 0.05) is 29.8 Å². The van der Waals surface area contributed by atoms with E-state index in [-0.39, 0.29) is 11.3 Å². The molecule has 1 aliphatic carbocycles. The largest absolute Gasteiger partial charge is 0.399 e. The molecule has 3 nitrogen and oxygen atoms in total. The van der Waals surface area contributed by atoms with E-state index >= 15 is 0 Å². The maximum atomic E-state index is 11.9. The van der Waals surface area contributed by atoms with Crippen molar-refractivity contribution in [3.8, 4) is 0 Å². The van der Waals surface area contributed by atoms with Gasteiger partial charge in [-0.2, -0.15) is 0 Å². The van der Waals surface area contributed by atoms with Crippen molar-refractivity contribution in [2.45, 2.75) is 31.6 Å². The number of hydrogen-bond donors (Lipinski definition) is 1. The zero-order chi connectivity index (χ0) is 11.3. The summed E-state index contributed by atoms with van der Waals surface area (Å²) in [7, 11) is 0. The summed E-state index contributed by atoms with van der Waals surface area (Å²) in [4.78, 5) is 13.8. The van der Waals surface area contributed by atoms with Gasteiger partial charge in [0.25, 0.3) is 0 Å². The Morgan fingerprint density at radius 2 is 2.25 bits per heavy atom. The maximum Gasteiger partial charge on any atom is 0.226 e. The van der Waals surface area contributed by atoms with Crippen molar-refractivity contribution in [3.63, 3.8) is 0 Å². The van der Waals surface area contributed by atoms with Crippen molar-refractivity contribution in [1.29, 1.82) is 0 Å². The van der Waals surface area contributed by atoms with E-state index in [2.05, 4.69) is 6.07 Å². The highest BCUT2D eigenvalue weighted by atomic mass is 16.2. The molecule has 1 heterocycles. The van der Waals surface area contributed by atoms with Gasteiger partial charge in [0.05, 0.1) is 0 Å². The number of benzene rings is 1. The number of anilines is 2. The van der Waals surface area contributed by atoms with Crippen molar-refractivity contribution < 1.29 is 4.79 Å². The number of fused-ring (bicyclic) bond motifs is 2. The Hall–Kier alpha value is -1.51. The second kappa shape index (κ2) is 3.00. The molecule has 0 atom stereocenters. The molecule has 1 aliphatic heterocycles. The average molecular weight is 216 g/mol. The molecule has 1 spiro atoms. The summed E-state index contributed by atoms with van der Waals surface area (Å²) in [6.45, 7) is 2.77. The van der Waals surface area contributed by atoms with Crippen LogP contribution in [0.2, 0.25) is 0 Å². The van der Waals surface area contributed by atoms with Gasteiger partial charge in [-0.3, -0.25) is 4.79 Å². The molecule has 0 bridgehead atoms. The number of nitrogen functional groups attached to an aromatic ring is 1. The first-order chi connectivity index (χ1) is 7.66. The van der Waals surface area contributed by atoms with Gasteiger partial charge >= 0.3 is 0 Å². The molecule has 2 N–H and O–H groups in total. The highest BCUT2D eigenvalue weighted by Crippen LogP contribution is 2.56. The van der Waals surface area contributed by atoms with Crippen LogP contribution in [0.5, 0.6) is 0 Å². The zero-order valence-electron chi connectivity index (χ0n) is 9.49. The van der Waals surface area contributed by atoms with Crippen LogP contribution >= 0.6 is 0 Å². The fraction of sp³-hybridized carbons (Fsp3) is 0.462. The molecule has 0 radical (unpaired) electrons. The van der Waals surface area contributed by atoms with Crippen molar-refractivity contribution in [2.75, 3.05) is 17.2 Å². The molecule has 1 fully saturated rings. The van der Waals surface area contributed by atoms with Crippen molar-refractivity contribution in [3.05, 3.63) is 23.8 Å². The van der Waals surface area contributed by atoms with Crippen molar-refractivity contribution in [1.82, 2.24) is 0 Å². The summed E-state index contributed by atoms with van der Waals surface area (Å²) >= 11 is 0. The summed E-state index contributed by atoms with van der Waals surface area (Å²) in [6, 6.07) is 5.98. The van der Waals surface area contributed by atoms with Gasteiger partial charge in [-0.05, 0) is 30.5 Å². The molecule has 0 unspecified atom stereocenters. The Morgan fingerprint density at radius 3 is 2.88 bits per heavy atom. The zero-order valence-corrected chi connectivity index (χ0v) is 9.49. The smallest absolute Gasteiger partial charge is 0.226 e. The highest BCUT2D eigenvalue weighted by molar-refractivity contribution is 5.97. The third-order valence-electron chi connectivity index (χ3n) is 3.80. The monoisotopic (exact) mass is 216 g/mol. The Labute approximate surface area is 95.2 Å². The minimum absolute atomic E-state index is 0.204. The van der Waals surface area contributed by atoms with E-state index in [4.69, 9.17) is 5.73 Å². The van der Waals surface area contributed by atoms with Crippen LogP contribution in [0.25, 0.3) is 0 Å². The fourth-order valence-corrected chi connectivity index (χ4v) is 2.69. The summed E-state index contributed by atoms with van der Waals surface area (Å²) < 4.78 is 0. The van der Waals surface area contributed by atoms with Gasteiger partial charge < -0.3 is 10.6 Å². The van der Waals surface area contributed by atoms with Crippen LogP contribution in [0.3, 0.4) is 0 Å². The number of rotatable bonds is 1. The first-order valence-electron chi connectivity index (χ1n) is 5.87. The van der Waals surface area contributed by atoms with E-state index in [1.807, 2.05) is 24.0 Å². The molecule has 84 valence electrons. The standard InChI is InChI=1S/C13H16N2O/c1-2-12(16)15-8-13(5-6-13)10-4-3-9(14)7-11(10)15/h3-4,7H,2,5-6,8,14H2,1H3. The van der Waals surface area contributed by atoms with Gasteiger partial charge in [0.15, 0.2) is 0 Å². The lowest BCUT2D eigenvalue weighted by Gasteiger charge is -2.16. The number of amides is 1. The number of carbonyl (C=O) groups is 1. The SMILES string of the molecule is CCC(=O)N1CC2(CC2)c2ccc(N)cc21. The third kappa shape index (κ3) is 1.17. The molecular formula is C13H16N2O. The molecule has 0 saturated heterocycles. The van der Waals surface area contributed by atoms with E-state index in [9.17, 15) is 4.79 Å². The van der Waals surface area contributed by atoms with E-state index in [1.165, 1.54) is 18.4 Å². The summed E-state index contributed by atoms with van der Waals surface area (Å²) in [6.07, 6.45) is 2.97. The van der Waals surface area contributed by atoms with Crippen LogP contribution in [0.1, 0.15) is 31.7 Å². The average Bonchev–Trinajstić information content (AvgIpc) is 2.98. The van der Waals surface area contributed by atoms with Gasteiger partial charge in [0.2, 0.25) is 5.91 Å². The van der Waals surface area contributed by atoms with Crippen LogP contribution in [0.4, 0.5) is 11.4 Å². The van der Waals surface area contributed by atoms with Gasteiger partial charge in [0.1, 0.15) is 0 Å². The van der Waals surface area contributed by atoms with E-state index < -0.39 is 0 Å². The minimum atomic E-state index is 0.204. The Morgan fingerprint density at radius 1 is 1.50 bits per heavy atom. The Kier molecular flexibility index (Phi) is 1.82. The summed E-state index contributed by atoms with van der Waals surface area (Å²) in [5.74, 6) is 0.204. The molecule has 16 heavy (non-hydrogen) atoms. The number of nitrogens with two attached hydrogens (primary N) is 1. The quantitative estimate of drug-likeness (QED) is 0.730. The highest BCUT2D eigenvalue weighted by Gasteiger charge is 2.52. The lowest BCUT2D eigenvalue weighted by molar-refractivity contribution is -0.118. The van der Waals surface area contributed by atoms with E-state index in [1.54, 1.807) is 0 Å². The number of nitrogens with zero attached hydrogens (tertiary/aromatic N) is 1. The lowest BCUT2D eigenvalue weighted by atomic mass is 9.98. The Bertz CT molecular complexity index is 463. The lowest BCUT2D eigenvalue weighted by Crippen LogP contribution is -2.30. The molecule has 0 aromatic heterocycles. The van der Waals surface area contributed by atoms with Gasteiger partial charge in [-0.1, -0.05) is 13.0 Å². The molecule has 1 aromatic carbocycles. The second-order valence-electron chi connectivity index (χ2n) is 4.89. The molecule has 1 saturated carbocycles. The summed E-state index contributed by atoms with van der Waals surface area (Å²) in [5.41, 5.74) is 9.19. The van der Waals surface area contributed by atoms with Crippen molar-refractivity contribution >= 4 is 17.3 Å². The van der Waals surface area contributed by atoms with Gasteiger partial charge in [-0.15, -0.1) is 0 Å². The number of carbonyl (C=O) groups excluding carboxylic acids is 1. The molecule has 1 aromatic rings. The molecule has 2 aliphatic rings. The first kappa shape index (κ1) is 9.70. The van der Waals surface area contributed by atoms with Crippen LogP contribution in [0, 0.1) is 0 Å².